The summed E-state index contributed by atoms with van der Waals surface area (Å²) in [5, 5.41) is 0. The van der Waals surface area contributed by atoms with Crippen molar-refractivity contribution in [3.05, 3.63) is 35.4 Å². The molecule has 1 aliphatic heterocycles. The molecule has 1 atom stereocenters. The standard InChI is InChI=1S/C12H9Cl2NO2/c13-12(14)5-7(12)6-15-10(16)8-3-1-2-4-9(8)11(15)17/h1-4,7H,5-6H2/t7-/m1/s1. The van der Waals surface area contributed by atoms with Gasteiger partial charge in [-0.15, -0.1) is 23.2 Å². The van der Waals surface area contributed by atoms with Crippen LogP contribution >= 0.6 is 23.2 Å². The summed E-state index contributed by atoms with van der Waals surface area (Å²) in [7, 11) is 0. The molecular formula is C12H9Cl2NO2. The second-order valence-electron chi connectivity index (χ2n) is 4.43. The molecule has 1 aromatic rings. The van der Waals surface area contributed by atoms with Gasteiger partial charge in [-0.25, -0.2) is 0 Å². The fourth-order valence-electron chi connectivity index (χ4n) is 2.09. The number of alkyl halides is 2. The normalized spacial score (nSPS) is 25.1. The van der Waals surface area contributed by atoms with Gasteiger partial charge in [-0.3, -0.25) is 14.5 Å². The van der Waals surface area contributed by atoms with Crippen LogP contribution in [0, 0.1) is 5.92 Å². The van der Waals surface area contributed by atoms with Crippen molar-refractivity contribution in [2.24, 2.45) is 5.92 Å². The molecule has 88 valence electrons. The summed E-state index contributed by atoms with van der Waals surface area (Å²) in [4.78, 5) is 25.2. The highest BCUT2D eigenvalue weighted by molar-refractivity contribution is 6.50. The smallest absolute Gasteiger partial charge is 0.261 e. The van der Waals surface area contributed by atoms with Crippen molar-refractivity contribution >= 4 is 35.0 Å². The van der Waals surface area contributed by atoms with E-state index in [1.165, 1.54) is 4.90 Å². The molecule has 0 saturated heterocycles. The predicted molar refractivity (Wildman–Crippen MR) is 64.4 cm³/mol. The Hall–Kier alpha value is -1.06. The van der Waals surface area contributed by atoms with Gasteiger partial charge in [0.25, 0.3) is 11.8 Å². The first kappa shape index (κ1) is 11.1. The summed E-state index contributed by atoms with van der Waals surface area (Å²) >= 11 is 11.8. The van der Waals surface area contributed by atoms with Crippen LogP contribution in [-0.2, 0) is 0 Å². The van der Waals surface area contributed by atoms with E-state index < -0.39 is 4.33 Å². The Kier molecular flexibility index (Phi) is 2.25. The van der Waals surface area contributed by atoms with E-state index in [2.05, 4.69) is 0 Å². The first-order valence-corrected chi connectivity index (χ1v) is 6.09. The van der Waals surface area contributed by atoms with Crippen molar-refractivity contribution < 1.29 is 9.59 Å². The van der Waals surface area contributed by atoms with Gasteiger partial charge in [-0.05, 0) is 18.6 Å². The van der Waals surface area contributed by atoms with Crippen LogP contribution in [-0.4, -0.2) is 27.6 Å². The Morgan fingerprint density at radius 3 is 2.06 bits per heavy atom. The molecule has 17 heavy (non-hydrogen) atoms. The van der Waals surface area contributed by atoms with Crippen molar-refractivity contribution in [3.8, 4) is 0 Å². The first-order valence-electron chi connectivity index (χ1n) is 5.34. The lowest BCUT2D eigenvalue weighted by molar-refractivity contribution is 0.0646. The third-order valence-electron chi connectivity index (χ3n) is 3.24. The monoisotopic (exact) mass is 269 g/mol. The van der Waals surface area contributed by atoms with Crippen molar-refractivity contribution in [1.29, 1.82) is 0 Å². The van der Waals surface area contributed by atoms with Gasteiger partial charge in [0.1, 0.15) is 4.33 Å². The highest BCUT2D eigenvalue weighted by Crippen LogP contribution is 2.53. The largest absolute Gasteiger partial charge is 0.274 e. The SMILES string of the molecule is O=C1c2ccccc2C(=O)N1C[C@H]1CC1(Cl)Cl. The number of benzene rings is 1. The number of rotatable bonds is 2. The third kappa shape index (κ3) is 1.65. The van der Waals surface area contributed by atoms with Gasteiger partial charge < -0.3 is 0 Å². The molecule has 0 N–H and O–H groups in total. The zero-order valence-electron chi connectivity index (χ0n) is 8.82. The average Bonchev–Trinajstić information content (AvgIpc) is 2.84. The fraction of sp³-hybridized carbons (Fsp3) is 0.333. The Labute approximate surface area is 108 Å². The second kappa shape index (κ2) is 3.47. The van der Waals surface area contributed by atoms with Gasteiger partial charge in [0, 0.05) is 12.5 Å². The lowest BCUT2D eigenvalue weighted by Gasteiger charge is -2.13. The van der Waals surface area contributed by atoms with E-state index >= 15 is 0 Å². The number of nitrogens with zero attached hydrogens (tertiary/aromatic N) is 1. The van der Waals surface area contributed by atoms with Crippen LogP contribution < -0.4 is 0 Å². The minimum absolute atomic E-state index is 0.00644. The molecule has 2 amide bonds. The Morgan fingerprint density at radius 1 is 1.18 bits per heavy atom. The summed E-state index contributed by atoms with van der Waals surface area (Å²) in [5.74, 6) is -0.503. The highest BCUT2D eigenvalue weighted by Gasteiger charge is 2.54. The Balaban J connectivity index is 1.86. The molecule has 1 aliphatic carbocycles. The topological polar surface area (TPSA) is 37.4 Å². The molecule has 0 aromatic heterocycles. The molecule has 2 aliphatic rings. The van der Waals surface area contributed by atoms with E-state index in [-0.39, 0.29) is 17.7 Å². The van der Waals surface area contributed by atoms with Crippen LogP contribution in [0.4, 0.5) is 0 Å². The predicted octanol–water partition coefficient (Wildman–Crippen LogP) is 2.48. The maximum atomic E-state index is 12.0. The maximum Gasteiger partial charge on any atom is 0.261 e. The Morgan fingerprint density at radius 2 is 1.65 bits per heavy atom. The molecule has 1 aromatic carbocycles. The molecule has 0 unspecified atom stereocenters. The zero-order chi connectivity index (χ0) is 12.2. The van der Waals surface area contributed by atoms with Crippen LogP contribution in [0.2, 0.25) is 0 Å². The molecule has 1 heterocycles. The van der Waals surface area contributed by atoms with Crippen LogP contribution in [0.25, 0.3) is 0 Å². The van der Waals surface area contributed by atoms with Crippen molar-refractivity contribution in [2.75, 3.05) is 6.54 Å². The summed E-state index contributed by atoms with van der Waals surface area (Å²) < 4.78 is -0.769. The molecule has 1 fully saturated rings. The molecule has 0 spiro atoms. The number of carbonyl (C=O) groups excluding carboxylic acids is 2. The van der Waals surface area contributed by atoms with Gasteiger partial charge in [0.15, 0.2) is 0 Å². The van der Waals surface area contributed by atoms with E-state index in [1.54, 1.807) is 24.3 Å². The molecule has 1 saturated carbocycles. The van der Waals surface area contributed by atoms with E-state index in [9.17, 15) is 9.59 Å². The molecule has 0 bridgehead atoms. The number of imide groups is 1. The molecule has 5 heteroatoms. The third-order valence-corrected chi connectivity index (χ3v) is 4.16. The van der Waals surface area contributed by atoms with Crippen LogP contribution in [0.1, 0.15) is 27.1 Å². The highest BCUT2D eigenvalue weighted by atomic mass is 35.5. The van der Waals surface area contributed by atoms with E-state index in [0.29, 0.717) is 24.1 Å². The van der Waals surface area contributed by atoms with Crippen LogP contribution in [0.5, 0.6) is 0 Å². The van der Waals surface area contributed by atoms with Gasteiger partial charge in [-0.1, -0.05) is 12.1 Å². The van der Waals surface area contributed by atoms with Gasteiger partial charge in [0.2, 0.25) is 0 Å². The summed E-state index contributed by atoms with van der Waals surface area (Å²) in [6, 6.07) is 6.82. The Bertz CT molecular complexity index is 492. The summed E-state index contributed by atoms with van der Waals surface area (Å²) in [5.41, 5.74) is 0.931. The van der Waals surface area contributed by atoms with E-state index in [1.807, 2.05) is 0 Å². The van der Waals surface area contributed by atoms with Gasteiger partial charge in [0.05, 0.1) is 11.1 Å². The summed E-state index contributed by atoms with van der Waals surface area (Å²) in [6.07, 6.45) is 0.628. The van der Waals surface area contributed by atoms with Crippen molar-refractivity contribution in [3.63, 3.8) is 0 Å². The van der Waals surface area contributed by atoms with Crippen LogP contribution in [0.15, 0.2) is 24.3 Å². The molecular weight excluding hydrogens is 261 g/mol. The second-order valence-corrected chi connectivity index (χ2v) is 5.97. The average molecular weight is 270 g/mol. The minimum atomic E-state index is -0.769. The summed E-state index contributed by atoms with van der Waals surface area (Å²) in [6.45, 7) is 0.305. The van der Waals surface area contributed by atoms with Crippen molar-refractivity contribution in [2.45, 2.75) is 10.8 Å². The van der Waals surface area contributed by atoms with Crippen LogP contribution in [0.3, 0.4) is 0 Å². The molecule has 3 nitrogen and oxygen atoms in total. The number of hydrogen-bond acceptors (Lipinski definition) is 2. The van der Waals surface area contributed by atoms with Gasteiger partial charge >= 0.3 is 0 Å². The lowest BCUT2D eigenvalue weighted by atomic mass is 10.1. The maximum absolute atomic E-state index is 12.0. The number of halogens is 2. The van der Waals surface area contributed by atoms with E-state index in [0.717, 1.165) is 0 Å². The zero-order valence-corrected chi connectivity index (χ0v) is 10.3. The number of fused-ring (bicyclic) bond motifs is 1. The van der Waals surface area contributed by atoms with Crippen molar-refractivity contribution in [1.82, 2.24) is 4.90 Å². The number of amides is 2. The minimum Gasteiger partial charge on any atom is -0.274 e. The fourth-order valence-corrected chi connectivity index (χ4v) is 2.60. The molecule has 3 rings (SSSR count). The first-order chi connectivity index (χ1) is 8.00. The molecule has 0 radical (unpaired) electrons. The lowest BCUT2D eigenvalue weighted by Crippen LogP contribution is -2.32. The van der Waals surface area contributed by atoms with Gasteiger partial charge in [-0.2, -0.15) is 0 Å². The number of carbonyl (C=O) groups is 2. The quantitative estimate of drug-likeness (QED) is 0.611. The number of hydrogen-bond donors (Lipinski definition) is 0. The van der Waals surface area contributed by atoms with E-state index in [4.69, 9.17) is 23.2 Å².